The van der Waals surface area contributed by atoms with Crippen LogP contribution in [0.3, 0.4) is 0 Å². The van der Waals surface area contributed by atoms with E-state index in [0.29, 0.717) is 11.3 Å². The van der Waals surface area contributed by atoms with E-state index in [9.17, 15) is 13.9 Å². The van der Waals surface area contributed by atoms with Crippen LogP contribution in [0.15, 0.2) is 94.9 Å². The molecule has 0 aliphatic carbocycles. The first-order chi connectivity index (χ1) is 18.5. The van der Waals surface area contributed by atoms with Crippen molar-refractivity contribution in [3.05, 3.63) is 106 Å². The van der Waals surface area contributed by atoms with Gasteiger partial charge < -0.3 is 0 Å². The van der Waals surface area contributed by atoms with Crippen molar-refractivity contribution in [1.82, 2.24) is 5.06 Å². The molecule has 2 atom stereocenters. The zero-order chi connectivity index (χ0) is 28.3. The highest BCUT2D eigenvalue weighted by Gasteiger charge is 2.46. The van der Waals surface area contributed by atoms with Crippen LogP contribution in [0.25, 0.3) is 10.4 Å². The molecule has 0 radical (unpaired) electrons. The van der Waals surface area contributed by atoms with Crippen LogP contribution in [0.4, 0.5) is 5.69 Å². The Hall–Kier alpha value is -3.36. The molecule has 0 saturated carbocycles. The lowest BCUT2D eigenvalue weighted by Gasteiger charge is -2.53. The van der Waals surface area contributed by atoms with Gasteiger partial charge in [-0.15, -0.1) is 0 Å². The fourth-order valence-corrected chi connectivity index (χ4v) is 6.96. The van der Waals surface area contributed by atoms with Crippen LogP contribution in [0.2, 0.25) is 0 Å². The summed E-state index contributed by atoms with van der Waals surface area (Å²) in [7, 11) is -4.17. The van der Waals surface area contributed by atoms with Gasteiger partial charge in [0, 0.05) is 16.0 Å². The lowest BCUT2D eigenvalue weighted by atomic mass is 9.82. The predicted molar refractivity (Wildman–Crippen MR) is 154 cm³/mol. The molecule has 1 fully saturated rings. The fraction of sp³-hybridized carbons (Fsp3) is 0.400. The Bertz CT molecular complexity index is 1390. The summed E-state index contributed by atoms with van der Waals surface area (Å²) in [5.74, 6) is 0. The van der Waals surface area contributed by atoms with Crippen molar-refractivity contribution in [2.24, 2.45) is 5.11 Å². The smallest absolute Gasteiger partial charge is 0.264 e. The predicted octanol–water partition coefficient (Wildman–Crippen LogP) is 7.54. The van der Waals surface area contributed by atoms with Gasteiger partial charge in [-0.05, 0) is 89.2 Å². The van der Waals surface area contributed by atoms with E-state index in [4.69, 9.17) is 4.84 Å². The number of hydrogen-bond donors (Lipinski definition) is 0. The van der Waals surface area contributed by atoms with Gasteiger partial charge in [-0.2, -0.15) is 5.06 Å². The third-order valence-electron chi connectivity index (χ3n) is 7.29. The van der Waals surface area contributed by atoms with Gasteiger partial charge >= 0.3 is 0 Å². The van der Waals surface area contributed by atoms with E-state index in [0.717, 1.165) is 24.8 Å². The summed E-state index contributed by atoms with van der Waals surface area (Å²) < 4.78 is 29.8. The van der Waals surface area contributed by atoms with Crippen LogP contribution in [0.5, 0.6) is 0 Å². The van der Waals surface area contributed by atoms with E-state index in [1.165, 1.54) is 4.31 Å². The first kappa shape index (κ1) is 28.6. The molecule has 3 aromatic carbocycles. The zero-order valence-corrected chi connectivity index (χ0v) is 24.0. The standard InChI is InChI=1S/C30H37N5O3S/c1-23-17-19-26(20-18-23)39(36,37)34(25-15-10-7-11-16-25)28(32-33-31)27(24-13-8-6-9-14-24)38-35-29(2,3)21-12-22-30(35,4)5/h6-11,13-20,27-28H,12,21-22H2,1-5H3. The number of hydrogen-bond acceptors (Lipinski definition) is 5. The van der Waals surface area contributed by atoms with Gasteiger partial charge in [0.2, 0.25) is 0 Å². The highest BCUT2D eigenvalue weighted by Crippen LogP contribution is 2.43. The molecule has 4 rings (SSSR count). The van der Waals surface area contributed by atoms with E-state index in [2.05, 4.69) is 37.7 Å². The van der Waals surface area contributed by atoms with Gasteiger partial charge in [0.15, 0.2) is 6.17 Å². The Labute approximate surface area is 231 Å². The number of nitrogens with zero attached hydrogens (tertiary/aromatic N) is 5. The lowest BCUT2D eigenvalue weighted by molar-refractivity contribution is -0.309. The number of rotatable bonds is 9. The molecular weight excluding hydrogens is 510 g/mol. The molecule has 206 valence electrons. The van der Waals surface area contributed by atoms with Crippen molar-refractivity contribution in [3.63, 3.8) is 0 Å². The van der Waals surface area contributed by atoms with Crippen molar-refractivity contribution in [2.45, 2.75) is 82.1 Å². The molecule has 2 unspecified atom stereocenters. The number of hydroxylamine groups is 2. The Balaban J connectivity index is 1.93. The average molecular weight is 548 g/mol. The lowest BCUT2D eigenvalue weighted by Crippen LogP contribution is -2.59. The third-order valence-corrected chi connectivity index (χ3v) is 9.11. The SMILES string of the molecule is Cc1ccc(S(=O)(=O)N(c2ccccc2)C(N=[N+]=[N-])C(ON2C(C)(C)CCCC2(C)C)c2ccccc2)cc1. The maximum absolute atomic E-state index is 14.3. The molecular formula is C30H37N5O3S. The van der Waals surface area contributed by atoms with Crippen molar-refractivity contribution in [2.75, 3.05) is 4.31 Å². The van der Waals surface area contributed by atoms with Crippen LogP contribution in [0.1, 0.15) is 64.2 Å². The quantitative estimate of drug-likeness (QED) is 0.157. The number of para-hydroxylation sites is 1. The summed E-state index contributed by atoms with van der Waals surface area (Å²) in [6, 6.07) is 24.7. The minimum Gasteiger partial charge on any atom is -0.287 e. The molecule has 9 heteroatoms. The molecule has 1 heterocycles. The normalized spacial score (nSPS) is 18.5. The average Bonchev–Trinajstić information content (AvgIpc) is 2.89. The summed E-state index contributed by atoms with van der Waals surface area (Å²) in [4.78, 5) is 10.1. The molecule has 1 aliphatic rings. The van der Waals surface area contributed by atoms with Gasteiger partial charge in [0.05, 0.1) is 10.6 Å². The molecule has 0 bridgehead atoms. The van der Waals surface area contributed by atoms with Crippen LogP contribution in [-0.4, -0.2) is 30.7 Å². The molecule has 39 heavy (non-hydrogen) atoms. The largest absolute Gasteiger partial charge is 0.287 e. The van der Waals surface area contributed by atoms with E-state index in [-0.39, 0.29) is 16.0 Å². The number of aryl methyl sites for hydroxylation is 1. The minimum atomic E-state index is -4.17. The summed E-state index contributed by atoms with van der Waals surface area (Å²) >= 11 is 0. The summed E-state index contributed by atoms with van der Waals surface area (Å²) in [5, 5.41) is 6.10. The highest BCUT2D eigenvalue weighted by molar-refractivity contribution is 7.92. The molecule has 1 saturated heterocycles. The molecule has 0 N–H and O–H groups in total. The monoisotopic (exact) mass is 547 g/mol. The Morgan fingerprint density at radius 3 is 1.97 bits per heavy atom. The van der Waals surface area contributed by atoms with E-state index in [1.54, 1.807) is 48.5 Å². The maximum Gasteiger partial charge on any atom is 0.264 e. The van der Waals surface area contributed by atoms with Crippen molar-refractivity contribution in [3.8, 4) is 0 Å². The molecule has 0 amide bonds. The van der Waals surface area contributed by atoms with Crippen molar-refractivity contribution in [1.29, 1.82) is 0 Å². The molecule has 3 aromatic rings. The van der Waals surface area contributed by atoms with Crippen LogP contribution in [0, 0.1) is 6.92 Å². The Morgan fingerprint density at radius 2 is 1.44 bits per heavy atom. The summed E-state index contributed by atoms with van der Waals surface area (Å²) in [6.45, 7) is 10.4. The molecule has 1 aliphatic heterocycles. The minimum absolute atomic E-state index is 0.0977. The topological polar surface area (TPSA) is 98.6 Å². The number of piperidine rings is 1. The van der Waals surface area contributed by atoms with Gasteiger partial charge in [-0.1, -0.05) is 71.3 Å². The van der Waals surface area contributed by atoms with Gasteiger partial charge in [-0.25, -0.2) is 8.42 Å². The first-order valence-corrected chi connectivity index (χ1v) is 14.6. The first-order valence-electron chi connectivity index (χ1n) is 13.2. The second-order valence-corrected chi connectivity index (χ2v) is 13.1. The Morgan fingerprint density at radius 1 is 0.897 bits per heavy atom. The van der Waals surface area contributed by atoms with E-state index >= 15 is 0 Å². The molecule has 0 spiro atoms. The zero-order valence-electron chi connectivity index (χ0n) is 23.2. The summed E-state index contributed by atoms with van der Waals surface area (Å²) in [5.41, 5.74) is 11.1. The van der Waals surface area contributed by atoms with Crippen LogP contribution >= 0.6 is 0 Å². The van der Waals surface area contributed by atoms with Crippen molar-refractivity contribution >= 4 is 15.7 Å². The summed E-state index contributed by atoms with van der Waals surface area (Å²) in [6.07, 6.45) is 0.675. The fourth-order valence-electron chi connectivity index (χ4n) is 5.42. The number of anilines is 1. The second-order valence-electron chi connectivity index (χ2n) is 11.3. The van der Waals surface area contributed by atoms with Crippen LogP contribution < -0.4 is 4.31 Å². The number of sulfonamides is 1. The number of azide groups is 1. The van der Waals surface area contributed by atoms with Gasteiger partial charge in [-0.3, -0.25) is 9.14 Å². The van der Waals surface area contributed by atoms with E-state index in [1.807, 2.05) is 48.4 Å². The molecule has 8 nitrogen and oxygen atoms in total. The highest BCUT2D eigenvalue weighted by atomic mass is 32.2. The van der Waals surface area contributed by atoms with Gasteiger partial charge in [0.25, 0.3) is 10.0 Å². The number of benzene rings is 3. The van der Waals surface area contributed by atoms with Crippen molar-refractivity contribution < 1.29 is 13.3 Å². The Kier molecular flexibility index (Phi) is 8.37. The van der Waals surface area contributed by atoms with E-state index < -0.39 is 22.3 Å². The van der Waals surface area contributed by atoms with Gasteiger partial charge in [0.1, 0.15) is 6.10 Å². The second kappa shape index (κ2) is 11.4. The third kappa shape index (κ3) is 6.12. The molecule has 0 aromatic heterocycles. The maximum atomic E-state index is 14.3. The van der Waals surface area contributed by atoms with Crippen LogP contribution in [-0.2, 0) is 14.9 Å².